The summed E-state index contributed by atoms with van der Waals surface area (Å²) in [5.41, 5.74) is 1.54. The van der Waals surface area contributed by atoms with Crippen LogP contribution in [0.4, 0.5) is 10.5 Å². The number of hydrogen-bond acceptors (Lipinski definition) is 3. The molecule has 7 heteroatoms. The van der Waals surface area contributed by atoms with Gasteiger partial charge in [-0.2, -0.15) is 0 Å². The third-order valence-electron chi connectivity index (χ3n) is 4.40. The predicted octanol–water partition coefficient (Wildman–Crippen LogP) is 3.23. The van der Waals surface area contributed by atoms with Gasteiger partial charge in [0.05, 0.1) is 4.90 Å². The van der Waals surface area contributed by atoms with Crippen LogP contribution in [0.2, 0.25) is 0 Å². The van der Waals surface area contributed by atoms with Gasteiger partial charge in [-0.3, -0.25) is 0 Å². The maximum atomic E-state index is 12.4. The fraction of sp³-hybridized carbons (Fsp3) is 0.316. The molecule has 0 bridgehead atoms. The van der Waals surface area contributed by atoms with Crippen LogP contribution in [0.25, 0.3) is 0 Å². The molecule has 0 heterocycles. The lowest BCUT2D eigenvalue weighted by Gasteiger charge is -2.13. The first kappa shape index (κ1) is 18.4. The lowest BCUT2D eigenvalue weighted by atomic mass is 10.2. The molecule has 0 spiro atoms. The Morgan fingerprint density at radius 2 is 1.62 bits per heavy atom. The van der Waals surface area contributed by atoms with Crippen molar-refractivity contribution in [1.29, 1.82) is 0 Å². The van der Waals surface area contributed by atoms with Crippen LogP contribution in [0.5, 0.6) is 0 Å². The highest BCUT2D eigenvalue weighted by atomic mass is 32.2. The van der Waals surface area contributed by atoms with Crippen molar-refractivity contribution >= 4 is 21.7 Å². The number of rotatable bonds is 6. The van der Waals surface area contributed by atoms with E-state index < -0.39 is 10.0 Å². The van der Waals surface area contributed by atoms with Crippen LogP contribution in [0.1, 0.15) is 31.2 Å². The molecule has 26 heavy (non-hydrogen) atoms. The number of benzene rings is 2. The zero-order valence-corrected chi connectivity index (χ0v) is 15.3. The number of nitrogens with one attached hydrogen (secondary N) is 3. The monoisotopic (exact) mass is 373 g/mol. The second kappa shape index (κ2) is 8.33. The largest absolute Gasteiger partial charge is 0.334 e. The van der Waals surface area contributed by atoms with Crippen molar-refractivity contribution in [3.63, 3.8) is 0 Å². The summed E-state index contributed by atoms with van der Waals surface area (Å²) in [6.45, 7) is 0.421. The summed E-state index contributed by atoms with van der Waals surface area (Å²) in [5.74, 6) is 0. The molecule has 138 valence electrons. The Balaban J connectivity index is 1.54. The van der Waals surface area contributed by atoms with Gasteiger partial charge in [0.2, 0.25) is 10.0 Å². The topological polar surface area (TPSA) is 87.3 Å². The van der Waals surface area contributed by atoms with Crippen LogP contribution in [-0.2, 0) is 16.6 Å². The van der Waals surface area contributed by atoms with Crippen molar-refractivity contribution in [1.82, 2.24) is 10.0 Å². The van der Waals surface area contributed by atoms with E-state index in [0.717, 1.165) is 31.2 Å². The van der Waals surface area contributed by atoms with E-state index in [1.54, 1.807) is 12.1 Å². The quantitative estimate of drug-likeness (QED) is 0.726. The van der Waals surface area contributed by atoms with E-state index in [4.69, 9.17) is 0 Å². The molecule has 1 fully saturated rings. The molecule has 6 nitrogen and oxygen atoms in total. The van der Waals surface area contributed by atoms with Crippen LogP contribution in [0.3, 0.4) is 0 Å². The molecule has 0 atom stereocenters. The average molecular weight is 373 g/mol. The molecular weight excluding hydrogens is 350 g/mol. The van der Waals surface area contributed by atoms with Gasteiger partial charge in [0.25, 0.3) is 0 Å². The van der Waals surface area contributed by atoms with Crippen molar-refractivity contribution in [3.05, 3.63) is 60.2 Å². The first-order valence-corrected chi connectivity index (χ1v) is 10.2. The molecule has 1 aliphatic carbocycles. The molecule has 0 radical (unpaired) electrons. The molecule has 2 aromatic rings. The van der Waals surface area contributed by atoms with Crippen LogP contribution in [-0.4, -0.2) is 20.5 Å². The second-order valence-corrected chi connectivity index (χ2v) is 8.13. The Kier molecular flexibility index (Phi) is 5.90. The first-order chi connectivity index (χ1) is 12.5. The predicted molar refractivity (Wildman–Crippen MR) is 101 cm³/mol. The second-order valence-electron chi connectivity index (χ2n) is 6.42. The maximum absolute atomic E-state index is 12.4. The van der Waals surface area contributed by atoms with Crippen molar-refractivity contribution in [2.24, 2.45) is 0 Å². The van der Waals surface area contributed by atoms with E-state index in [2.05, 4.69) is 15.4 Å². The number of carbonyl (C=O) groups excluding carboxylic acids is 1. The molecule has 0 aromatic heterocycles. The third kappa shape index (κ3) is 5.06. The van der Waals surface area contributed by atoms with Crippen LogP contribution in [0, 0.1) is 0 Å². The molecule has 0 saturated heterocycles. The van der Waals surface area contributed by atoms with E-state index in [1.165, 1.54) is 12.1 Å². The molecule has 1 saturated carbocycles. The van der Waals surface area contributed by atoms with Crippen LogP contribution >= 0.6 is 0 Å². The molecular formula is C19H23N3O3S. The number of urea groups is 1. The molecule has 1 aliphatic rings. The van der Waals surface area contributed by atoms with E-state index in [0.29, 0.717) is 12.2 Å². The minimum Gasteiger partial charge on any atom is -0.334 e. The van der Waals surface area contributed by atoms with Crippen molar-refractivity contribution in [3.8, 4) is 0 Å². The molecule has 2 aromatic carbocycles. The van der Waals surface area contributed by atoms with Gasteiger partial charge >= 0.3 is 6.03 Å². The minimum absolute atomic E-state index is 0.0292. The van der Waals surface area contributed by atoms with Crippen molar-refractivity contribution in [2.45, 2.75) is 43.2 Å². The maximum Gasteiger partial charge on any atom is 0.319 e. The highest BCUT2D eigenvalue weighted by Gasteiger charge is 2.22. The Labute approximate surface area is 154 Å². The van der Waals surface area contributed by atoms with Gasteiger partial charge in [-0.25, -0.2) is 17.9 Å². The summed E-state index contributed by atoms with van der Waals surface area (Å²) in [4.78, 5) is 12.2. The smallest absolute Gasteiger partial charge is 0.319 e. The Morgan fingerprint density at radius 3 is 2.27 bits per heavy atom. The highest BCUT2D eigenvalue weighted by Crippen LogP contribution is 2.21. The SMILES string of the molecule is O=C(NCc1ccccc1)Nc1ccc(S(=O)(=O)NC2CCCC2)cc1. The lowest BCUT2D eigenvalue weighted by Crippen LogP contribution is -2.32. The zero-order chi connectivity index (χ0) is 18.4. The fourth-order valence-electron chi connectivity index (χ4n) is 3.00. The Hall–Kier alpha value is -2.38. The Morgan fingerprint density at radius 1 is 0.962 bits per heavy atom. The standard InChI is InChI=1S/C19H23N3O3S/c23-19(20-14-15-6-2-1-3-7-15)21-16-10-12-18(13-11-16)26(24,25)22-17-8-4-5-9-17/h1-3,6-7,10-13,17,22H,4-5,8-9,14H2,(H2,20,21,23). The highest BCUT2D eigenvalue weighted by molar-refractivity contribution is 7.89. The van der Waals surface area contributed by atoms with E-state index >= 15 is 0 Å². The number of sulfonamides is 1. The van der Waals surface area contributed by atoms with Gasteiger partial charge in [-0.15, -0.1) is 0 Å². The van der Waals surface area contributed by atoms with Crippen LogP contribution < -0.4 is 15.4 Å². The summed E-state index contributed by atoms with van der Waals surface area (Å²) >= 11 is 0. The summed E-state index contributed by atoms with van der Waals surface area (Å²) in [6.07, 6.45) is 3.91. The van der Waals surface area contributed by atoms with Gasteiger partial charge in [-0.05, 0) is 42.7 Å². The van der Waals surface area contributed by atoms with Gasteiger partial charge < -0.3 is 10.6 Å². The van der Waals surface area contributed by atoms with Gasteiger partial charge in [0, 0.05) is 18.3 Å². The molecule has 0 aliphatic heterocycles. The summed E-state index contributed by atoms with van der Waals surface area (Å²) in [5, 5.41) is 5.46. The number of hydrogen-bond donors (Lipinski definition) is 3. The van der Waals surface area contributed by atoms with E-state index in [9.17, 15) is 13.2 Å². The summed E-state index contributed by atoms with van der Waals surface area (Å²) in [7, 11) is -3.51. The van der Waals surface area contributed by atoms with E-state index in [1.807, 2.05) is 30.3 Å². The van der Waals surface area contributed by atoms with Gasteiger partial charge in [0.15, 0.2) is 0 Å². The summed E-state index contributed by atoms with van der Waals surface area (Å²) < 4.78 is 27.5. The van der Waals surface area contributed by atoms with Crippen molar-refractivity contribution in [2.75, 3.05) is 5.32 Å². The minimum atomic E-state index is -3.51. The molecule has 2 amide bonds. The lowest BCUT2D eigenvalue weighted by molar-refractivity contribution is 0.251. The molecule has 3 N–H and O–H groups in total. The van der Waals surface area contributed by atoms with Crippen molar-refractivity contribution < 1.29 is 13.2 Å². The summed E-state index contributed by atoms with van der Waals surface area (Å²) in [6, 6.07) is 15.5. The van der Waals surface area contributed by atoms with Crippen LogP contribution in [0.15, 0.2) is 59.5 Å². The Bertz CT molecular complexity index is 830. The average Bonchev–Trinajstić information content (AvgIpc) is 3.14. The van der Waals surface area contributed by atoms with Gasteiger partial charge in [-0.1, -0.05) is 43.2 Å². The molecule has 0 unspecified atom stereocenters. The normalized spacial score (nSPS) is 14.9. The van der Waals surface area contributed by atoms with Gasteiger partial charge in [0.1, 0.15) is 0 Å². The molecule has 3 rings (SSSR count). The van der Waals surface area contributed by atoms with E-state index in [-0.39, 0.29) is 17.0 Å². The number of carbonyl (C=O) groups is 1. The first-order valence-electron chi connectivity index (χ1n) is 8.74. The fourth-order valence-corrected chi connectivity index (χ4v) is 4.31. The number of anilines is 1. The third-order valence-corrected chi connectivity index (χ3v) is 5.93. The number of amides is 2. The zero-order valence-electron chi connectivity index (χ0n) is 14.4.